The van der Waals surface area contributed by atoms with E-state index in [9.17, 15) is 9.59 Å². The van der Waals surface area contributed by atoms with Crippen molar-refractivity contribution in [2.24, 2.45) is 0 Å². The van der Waals surface area contributed by atoms with Crippen LogP contribution in [-0.4, -0.2) is 55.0 Å². The molecule has 1 atom stereocenters. The summed E-state index contributed by atoms with van der Waals surface area (Å²) in [6.07, 6.45) is 0. The molecule has 4 rings (SSSR count). The normalized spacial score (nSPS) is 11.7. The number of hydrogen-bond donors (Lipinski definition) is 1. The minimum Gasteiger partial charge on any atom is -0.497 e. The predicted molar refractivity (Wildman–Crippen MR) is 155 cm³/mol. The third kappa shape index (κ3) is 5.76. The van der Waals surface area contributed by atoms with Gasteiger partial charge < -0.3 is 24.4 Å². The molecule has 1 unspecified atom stereocenters. The second-order valence-corrected chi connectivity index (χ2v) is 9.69. The lowest BCUT2D eigenvalue weighted by Crippen LogP contribution is -2.41. The zero-order valence-electron chi connectivity index (χ0n) is 22.5. The van der Waals surface area contributed by atoms with Gasteiger partial charge in [0.15, 0.2) is 0 Å². The molecule has 0 saturated heterocycles. The molecule has 0 aliphatic carbocycles. The molecule has 0 spiro atoms. The first-order valence-electron chi connectivity index (χ1n) is 12.4. The van der Waals surface area contributed by atoms with E-state index in [-0.39, 0.29) is 18.1 Å². The number of amides is 2. The first kappa shape index (κ1) is 28.1. The van der Waals surface area contributed by atoms with Gasteiger partial charge in [-0.05, 0) is 53.5 Å². The van der Waals surface area contributed by atoms with Gasteiger partial charge in [0.2, 0.25) is 0 Å². The Morgan fingerprint density at radius 3 is 2.49 bits per heavy atom. The molecule has 1 N–H and O–H groups in total. The van der Waals surface area contributed by atoms with Crippen LogP contribution in [0, 0.1) is 6.92 Å². The zero-order chi connectivity index (χ0) is 28.1. The smallest absolute Gasteiger partial charge is 0.322 e. The Morgan fingerprint density at radius 1 is 1.08 bits per heavy atom. The third-order valence-corrected chi connectivity index (χ3v) is 7.31. The molecule has 2 amide bonds. The number of carbonyl (C=O) groups excluding carboxylic acids is 1. The molecule has 9 nitrogen and oxygen atoms in total. The van der Waals surface area contributed by atoms with Gasteiger partial charge in [-0.3, -0.25) is 9.36 Å². The molecular weight excluding hydrogens is 564 g/mol. The number of aromatic nitrogens is 2. The minimum absolute atomic E-state index is 0.265. The highest BCUT2D eigenvalue weighted by molar-refractivity contribution is 9.10. The number of nitrogens with zero attached hydrogens (tertiary/aromatic N) is 3. The summed E-state index contributed by atoms with van der Waals surface area (Å²) in [6.45, 7) is 4.32. The average Bonchev–Trinajstić information content (AvgIpc) is 2.94. The Bertz CT molecular complexity index is 1550. The molecule has 39 heavy (non-hydrogen) atoms. The van der Waals surface area contributed by atoms with Crippen molar-refractivity contribution in [1.29, 1.82) is 0 Å². The lowest BCUT2D eigenvalue weighted by molar-refractivity contribution is 0.137. The molecule has 0 radical (unpaired) electrons. The Morgan fingerprint density at radius 2 is 1.79 bits per heavy atom. The molecule has 0 bridgehead atoms. The third-order valence-electron chi connectivity index (χ3n) is 6.52. The summed E-state index contributed by atoms with van der Waals surface area (Å²) in [5.41, 5.74) is 2.34. The fourth-order valence-corrected chi connectivity index (χ4v) is 4.92. The number of rotatable bonds is 9. The molecule has 204 valence electrons. The van der Waals surface area contributed by atoms with Crippen LogP contribution in [0.4, 0.5) is 10.5 Å². The number of hydrogen-bond acceptors (Lipinski definition) is 6. The van der Waals surface area contributed by atoms with Gasteiger partial charge in [0.25, 0.3) is 5.56 Å². The fraction of sp³-hybridized carbons (Fsp3) is 0.276. The van der Waals surface area contributed by atoms with Gasteiger partial charge in [-0.15, -0.1) is 0 Å². The summed E-state index contributed by atoms with van der Waals surface area (Å²) in [7, 11) is 4.66. The maximum Gasteiger partial charge on any atom is 0.322 e. The minimum atomic E-state index is -0.634. The van der Waals surface area contributed by atoms with Crippen LogP contribution in [-0.2, 0) is 4.74 Å². The van der Waals surface area contributed by atoms with Crippen LogP contribution >= 0.6 is 15.9 Å². The summed E-state index contributed by atoms with van der Waals surface area (Å²) < 4.78 is 18.4. The standard InChI is InChI=1S/C29H31BrN4O5/c1-18-10-6-8-12-22(18)32-29(36)33(14-15-37-3)19(2)27-31-23-13-9-7-11-21(23)28(35)34(27)24-16-20(38-4)17-25(39-5)26(24)30/h6-13,16-17,19H,14-15H2,1-5H3,(H,32,36). The number of halogens is 1. The maximum atomic E-state index is 14.0. The lowest BCUT2D eigenvalue weighted by atomic mass is 10.1. The molecular formula is C29H31BrN4O5. The number of para-hydroxylation sites is 2. The van der Waals surface area contributed by atoms with Crippen LogP contribution in [0.2, 0.25) is 0 Å². The van der Waals surface area contributed by atoms with E-state index in [4.69, 9.17) is 19.2 Å². The molecule has 0 fully saturated rings. The van der Waals surface area contributed by atoms with Crippen molar-refractivity contribution in [3.63, 3.8) is 0 Å². The van der Waals surface area contributed by atoms with E-state index in [1.165, 1.54) is 11.7 Å². The first-order chi connectivity index (χ1) is 18.8. The largest absolute Gasteiger partial charge is 0.497 e. The maximum absolute atomic E-state index is 14.0. The molecule has 0 aliphatic heterocycles. The van der Waals surface area contributed by atoms with Crippen LogP contribution < -0.4 is 20.3 Å². The van der Waals surface area contributed by atoms with Gasteiger partial charge in [-0.25, -0.2) is 9.78 Å². The number of nitrogens with one attached hydrogen (secondary N) is 1. The van der Waals surface area contributed by atoms with Crippen molar-refractivity contribution in [2.75, 3.05) is 39.8 Å². The zero-order valence-corrected chi connectivity index (χ0v) is 24.1. The van der Waals surface area contributed by atoms with Crippen LogP contribution in [0.3, 0.4) is 0 Å². The number of urea groups is 1. The quantitative estimate of drug-likeness (QED) is 0.266. The van der Waals surface area contributed by atoms with Gasteiger partial charge in [0.05, 0.1) is 47.9 Å². The number of aryl methyl sites for hydroxylation is 1. The number of methoxy groups -OCH3 is 3. The number of anilines is 1. The number of carbonyl (C=O) groups is 1. The van der Waals surface area contributed by atoms with E-state index in [1.54, 1.807) is 49.5 Å². The van der Waals surface area contributed by atoms with Gasteiger partial charge in [0.1, 0.15) is 17.3 Å². The monoisotopic (exact) mass is 594 g/mol. The van der Waals surface area contributed by atoms with Crippen molar-refractivity contribution in [1.82, 2.24) is 14.5 Å². The van der Waals surface area contributed by atoms with Crippen molar-refractivity contribution in [3.8, 4) is 17.2 Å². The Labute approximate surface area is 235 Å². The molecule has 0 saturated carbocycles. The summed E-state index contributed by atoms with van der Waals surface area (Å²) in [6, 6.07) is 17.1. The molecule has 10 heteroatoms. The van der Waals surface area contributed by atoms with E-state index in [0.717, 1.165) is 5.56 Å². The van der Waals surface area contributed by atoms with Gasteiger partial charge in [0, 0.05) is 31.5 Å². The number of benzene rings is 3. The summed E-state index contributed by atoms with van der Waals surface area (Å²) >= 11 is 3.60. The summed E-state index contributed by atoms with van der Waals surface area (Å²) in [5.74, 6) is 1.35. The van der Waals surface area contributed by atoms with Crippen LogP contribution in [0.25, 0.3) is 16.6 Å². The molecule has 1 aromatic heterocycles. The van der Waals surface area contributed by atoms with Crippen LogP contribution in [0.5, 0.6) is 11.5 Å². The highest BCUT2D eigenvalue weighted by atomic mass is 79.9. The van der Waals surface area contributed by atoms with Gasteiger partial charge in [-0.1, -0.05) is 30.3 Å². The molecule has 3 aromatic carbocycles. The Balaban J connectivity index is 1.92. The molecule has 1 heterocycles. The SMILES string of the molecule is COCCN(C(=O)Nc1ccccc1C)C(C)c1nc2ccccc2c(=O)n1-c1cc(OC)cc(OC)c1Br. The Hall–Kier alpha value is -3.89. The molecule has 4 aromatic rings. The van der Waals surface area contributed by atoms with E-state index in [2.05, 4.69) is 21.2 Å². The fourth-order valence-electron chi connectivity index (χ4n) is 4.35. The number of ether oxygens (including phenoxy) is 3. The van der Waals surface area contributed by atoms with E-state index in [0.29, 0.717) is 50.7 Å². The molecule has 0 aliphatic rings. The van der Waals surface area contributed by atoms with Crippen molar-refractivity contribution >= 4 is 38.6 Å². The summed E-state index contributed by atoms with van der Waals surface area (Å²) in [4.78, 5) is 34.2. The average molecular weight is 595 g/mol. The second kappa shape index (κ2) is 12.3. The highest BCUT2D eigenvalue weighted by Crippen LogP contribution is 2.37. The second-order valence-electron chi connectivity index (χ2n) is 8.90. The van der Waals surface area contributed by atoms with E-state index >= 15 is 0 Å². The van der Waals surface area contributed by atoms with Crippen LogP contribution in [0.1, 0.15) is 24.4 Å². The summed E-state index contributed by atoms with van der Waals surface area (Å²) in [5, 5.41) is 3.44. The highest BCUT2D eigenvalue weighted by Gasteiger charge is 2.28. The van der Waals surface area contributed by atoms with E-state index < -0.39 is 6.04 Å². The predicted octanol–water partition coefficient (Wildman–Crippen LogP) is 5.72. The lowest BCUT2D eigenvalue weighted by Gasteiger charge is -2.31. The van der Waals surface area contributed by atoms with Crippen LogP contribution in [0.15, 0.2) is 69.9 Å². The van der Waals surface area contributed by atoms with E-state index in [1.807, 2.05) is 44.2 Å². The van der Waals surface area contributed by atoms with Crippen molar-refractivity contribution < 1.29 is 19.0 Å². The number of fused-ring (bicyclic) bond motifs is 1. The van der Waals surface area contributed by atoms with Crippen molar-refractivity contribution in [3.05, 3.63) is 86.9 Å². The van der Waals surface area contributed by atoms with Gasteiger partial charge in [-0.2, -0.15) is 0 Å². The topological polar surface area (TPSA) is 94.9 Å². The van der Waals surface area contributed by atoms with Crippen molar-refractivity contribution in [2.45, 2.75) is 19.9 Å². The van der Waals surface area contributed by atoms with Gasteiger partial charge >= 0.3 is 6.03 Å². The Kier molecular flexibility index (Phi) is 8.88. The first-order valence-corrected chi connectivity index (χ1v) is 13.2.